The van der Waals surface area contributed by atoms with E-state index in [4.69, 9.17) is 4.74 Å². The van der Waals surface area contributed by atoms with E-state index in [9.17, 15) is 14.0 Å². The van der Waals surface area contributed by atoms with Gasteiger partial charge in [-0.2, -0.15) is 0 Å². The molecule has 0 spiro atoms. The fourth-order valence-electron chi connectivity index (χ4n) is 2.29. The lowest BCUT2D eigenvalue weighted by atomic mass is 10.1. The van der Waals surface area contributed by atoms with Crippen molar-refractivity contribution in [2.75, 3.05) is 11.1 Å². The van der Waals surface area contributed by atoms with Crippen molar-refractivity contribution in [3.8, 4) is 0 Å². The van der Waals surface area contributed by atoms with Crippen LogP contribution >= 0.6 is 21.6 Å². The van der Waals surface area contributed by atoms with Gasteiger partial charge >= 0.3 is 5.97 Å². The van der Waals surface area contributed by atoms with Crippen LogP contribution in [0.3, 0.4) is 0 Å². The Balaban J connectivity index is 1.62. The second kappa shape index (κ2) is 9.93. The molecule has 4 nitrogen and oxygen atoms in total. The van der Waals surface area contributed by atoms with Crippen LogP contribution in [0.1, 0.15) is 39.0 Å². The van der Waals surface area contributed by atoms with Gasteiger partial charge in [0.05, 0.1) is 0 Å². The molecule has 1 fully saturated rings. The highest BCUT2D eigenvalue weighted by Gasteiger charge is 2.19. The molecule has 1 saturated heterocycles. The zero-order chi connectivity index (χ0) is 17.4. The van der Waals surface area contributed by atoms with E-state index >= 15 is 0 Å². The molecular weight excluding hydrogens is 349 g/mol. The van der Waals surface area contributed by atoms with E-state index in [0.717, 1.165) is 19.3 Å². The molecule has 1 aliphatic heterocycles. The first-order valence-corrected chi connectivity index (χ1v) is 10.5. The van der Waals surface area contributed by atoms with Gasteiger partial charge in [0, 0.05) is 23.1 Å². The molecule has 2 atom stereocenters. The third kappa shape index (κ3) is 6.73. The summed E-state index contributed by atoms with van der Waals surface area (Å²) in [6.45, 7) is 1.53. The molecule has 132 valence electrons. The second-order valence-electron chi connectivity index (χ2n) is 5.70. The number of amides is 1. The van der Waals surface area contributed by atoms with Crippen LogP contribution in [-0.4, -0.2) is 29.0 Å². The first-order valence-electron chi connectivity index (χ1n) is 8.09. The molecule has 2 rings (SSSR count). The van der Waals surface area contributed by atoms with Crippen molar-refractivity contribution in [3.05, 3.63) is 30.1 Å². The fraction of sp³-hybridized carbons (Fsp3) is 0.529. The molecule has 0 bridgehead atoms. The van der Waals surface area contributed by atoms with Crippen LogP contribution in [0, 0.1) is 5.82 Å². The third-order valence-electron chi connectivity index (χ3n) is 3.67. The van der Waals surface area contributed by atoms with Crippen molar-refractivity contribution in [2.45, 2.75) is 50.4 Å². The zero-order valence-electron chi connectivity index (χ0n) is 13.6. The van der Waals surface area contributed by atoms with Crippen LogP contribution in [0.2, 0.25) is 0 Å². The van der Waals surface area contributed by atoms with Gasteiger partial charge in [-0.3, -0.25) is 9.59 Å². The monoisotopic (exact) mass is 371 g/mol. The second-order valence-corrected chi connectivity index (χ2v) is 8.49. The number of anilines is 1. The molecule has 1 aromatic carbocycles. The summed E-state index contributed by atoms with van der Waals surface area (Å²) >= 11 is 0. The van der Waals surface area contributed by atoms with Gasteiger partial charge in [0.25, 0.3) is 5.91 Å². The van der Waals surface area contributed by atoms with E-state index in [1.54, 1.807) is 0 Å². The van der Waals surface area contributed by atoms with E-state index < -0.39 is 12.0 Å². The van der Waals surface area contributed by atoms with Gasteiger partial charge in [-0.05, 0) is 50.5 Å². The molecule has 0 saturated carbocycles. The molecule has 1 aliphatic rings. The Hall–Kier alpha value is -1.21. The van der Waals surface area contributed by atoms with E-state index in [0.29, 0.717) is 17.4 Å². The first kappa shape index (κ1) is 19.1. The van der Waals surface area contributed by atoms with Gasteiger partial charge in [-0.15, -0.1) is 0 Å². The van der Waals surface area contributed by atoms with Gasteiger partial charge in [-0.1, -0.05) is 28.0 Å². The summed E-state index contributed by atoms with van der Waals surface area (Å²) in [6.07, 6.45) is 3.63. The van der Waals surface area contributed by atoms with Crippen molar-refractivity contribution in [1.82, 2.24) is 0 Å². The summed E-state index contributed by atoms with van der Waals surface area (Å²) in [7, 11) is 3.86. The standard InChI is InChI=1S/C17H22FNO3S2/c1-12(17(21)19-14-8-6-13(18)7-9-14)22-16(20)5-3-2-4-15-10-11-23-24-15/h6-9,12,15H,2-5,10-11H2,1H3,(H,19,21)/t12-,15-/m1/s1. The number of hydrogen-bond acceptors (Lipinski definition) is 5. The molecule has 1 N–H and O–H groups in total. The summed E-state index contributed by atoms with van der Waals surface area (Å²) in [5.74, 6) is 0.0690. The SMILES string of the molecule is C[C@@H](OC(=O)CCCC[C@@H]1CCSS1)C(=O)Nc1ccc(F)cc1. The lowest BCUT2D eigenvalue weighted by Crippen LogP contribution is -2.29. The minimum absolute atomic E-state index is 0.332. The van der Waals surface area contributed by atoms with Crippen LogP contribution in [0.5, 0.6) is 0 Å². The molecule has 1 aromatic rings. The summed E-state index contributed by atoms with van der Waals surface area (Å²) in [5, 5.41) is 3.31. The molecule has 0 unspecified atom stereocenters. The van der Waals surface area contributed by atoms with Gasteiger partial charge < -0.3 is 10.1 Å². The van der Waals surface area contributed by atoms with E-state index in [1.807, 2.05) is 21.6 Å². The van der Waals surface area contributed by atoms with E-state index in [2.05, 4.69) is 5.32 Å². The lowest BCUT2D eigenvalue weighted by molar-refractivity contribution is -0.153. The average molecular weight is 371 g/mol. The maximum absolute atomic E-state index is 12.8. The zero-order valence-corrected chi connectivity index (χ0v) is 15.3. The maximum atomic E-state index is 12.8. The van der Waals surface area contributed by atoms with Gasteiger partial charge in [0.2, 0.25) is 0 Å². The van der Waals surface area contributed by atoms with Crippen LogP contribution in [0.25, 0.3) is 0 Å². The van der Waals surface area contributed by atoms with Crippen LogP contribution in [0.15, 0.2) is 24.3 Å². The quantitative estimate of drug-likeness (QED) is 0.417. The normalized spacial score (nSPS) is 18.2. The number of benzene rings is 1. The maximum Gasteiger partial charge on any atom is 0.306 e. The van der Waals surface area contributed by atoms with E-state index in [1.165, 1.54) is 43.4 Å². The summed E-state index contributed by atoms with van der Waals surface area (Å²) in [6, 6.07) is 5.43. The highest BCUT2D eigenvalue weighted by Crippen LogP contribution is 2.39. The van der Waals surface area contributed by atoms with Crippen molar-refractivity contribution < 1.29 is 18.7 Å². The number of esters is 1. The van der Waals surface area contributed by atoms with Crippen molar-refractivity contribution >= 4 is 39.2 Å². The minimum Gasteiger partial charge on any atom is -0.453 e. The molecular formula is C17H22FNO3S2. The molecule has 0 aromatic heterocycles. The first-order chi connectivity index (χ1) is 11.5. The van der Waals surface area contributed by atoms with Gasteiger partial charge in [-0.25, -0.2) is 4.39 Å². The number of carbonyl (C=O) groups excluding carboxylic acids is 2. The molecule has 1 amide bonds. The number of hydrogen-bond donors (Lipinski definition) is 1. The summed E-state index contributed by atoms with van der Waals surface area (Å²) < 4.78 is 18.0. The number of carbonyl (C=O) groups is 2. The molecule has 0 radical (unpaired) electrons. The Morgan fingerprint density at radius 1 is 1.33 bits per heavy atom. The molecule has 24 heavy (non-hydrogen) atoms. The summed E-state index contributed by atoms with van der Waals surface area (Å²) in [4.78, 5) is 23.7. The van der Waals surface area contributed by atoms with Crippen molar-refractivity contribution in [1.29, 1.82) is 0 Å². The number of rotatable bonds is 8. The Morgan fingerprint density at radius 2 is 2.08 bits per heavy atom. The van der Waals surface area contributed by atoms with E-state index in [-0.39, 0.29) is 11.8 Å². The minimum atomic E-state index is -0.871. The number of nitrogens with one attached hydrogen (secondary N) is 1. The Morgan fingerprint density at radius 3 is 2.75 bits per heavy atom. The number of ether oxygens (including phenoxy) is 1. The largest absolute Gasteiger partial charge is 0.453 e. The lowest BCUT2D eigenvalue weighted by Gasteiger charge is -2.13. The predicted molar refractivity (Wildman–Crippen MR) is 97.5 cm³/mol. The summed E-state index contributed by atoms with van der Waals surface area (Å²) in [5.41, 5.74) is 0.469. The van der Waals surface area contributed by atoms with Crippen LogP contribution in [-0.2, 0) is 14.3 Å². The topological polar surface area (TPSA) is 55.4 Å². The van der Waals surface area contributed by atoms with Crippen LogP contribution in [0.4, 0.5) is 10.1 Å². The van der Waals surface area contributed by atoms with Crippen molar-refractivity contribution in [2.24, 2.45) is 0 Å². The van der Waals surface area contributed by atoms with Crippen LogP contribution < -0.4 is 5.32 Å². The molecule has 0 aliphatic carbocycles. The molecule has 1 heterocycles. The molecule has 7 heteroatoms. The van der Waals surface area contributed by atoms with Crippen molar-refractivity contribution in [3.63, 3.8) is 0 Å². The van der Waals surface area contributed by atoms with Gasteiger partial charge in [0.15, 0.2) is 6.10 Å². The number of halogens is 1. The average Bonchev–Trinajstić information content (AvgIpc) is 3.07. The van der Waals surface area contributed by atoms with Gasteiger partial charge in [0.1, 0.15) is 5.82 Å². The highest BCUT2D eigenvalue weighted by molar-refractivity contribution is 8.77. The Kier molecular flexibility index (Phi) is 7.91. The smallest absolute Gasteiger partial charge is 0.306 e. The fourth-order valence-corrected chi connectivity index (χ4v) is 5.32. The Bertz CT molecular complexity index is 547. The third-order valence-corrected chi connectivity index (χ3v) is 6.68. The number of unbranched alkanes of at least 4 members (excludes halogenated alkanes) is 1. The Labute approximate surface area is 149 Å². The predicted octanol–water partition coefficient (Wildman–Crippen LogP) is 4.41. The highest BCUT2D eigenvalue weighted by atomic mass is 33.1.